The van der Waals surface area contributed by atoms with Crippen LogP contribution in [0.1, 0.15) is 26.6 Å². The number of nitrogens with zero attached hydrogens (tertiary/aromatic N) is 2. The maximum Gasteiger partial charge on any atom is 0.137 e. The summed E-state index contributed by atoms with van der Waals surface area (Å²) < 4.78 is 0. The van der Waals surface area contributed by atoms with Crippen molar-refractivity contribution in [3.8, 4) is 0 Å². The summed E-state index contributed by atoms with van der Waals surface area (Å²) in [6.45, 7) is 6.23. The third-order valence-electron chi connectivity index (χ3n) is 1.60. The van der Waals surface area contributed by atoms with Gasteiger partial charge >= 0.3 is 0 Å². The van der Waals surface area contributed by atoms with E-state index < -0.39 is 0 Å². The highest BCUT2D eigenvalue weighted by Crippen LogP contribution is 2.22. The number of nitrogen functional groups attached to an aromatic ring is 1. The van der Waals surface area contributed by atoms with Gasteiger partial charge in [0.15, 0.2) is 0 Å². The summed E-state index contributed by atoms with van der Waals surface area (Å²) in [6, 6.07) is 1.79. The molecular formula is C9H15N3S. The molecule has 0 unspecified atom stereocenters. The number of aromatic nitrogens is 2. The Morgan fingerprint density at radius 3 is 2.38 bits per heavy atom. The molecule has 0 radical (unpaired) electrons. The molecule has 4 heteroatoms. The Balaban J connectivity index is 3.16. The SMILES string of the molecule is CSc1cc(N)nc(C(C)(C)C)n1. The molecule has 0 saturated heterocycles. The first-order valence-corrected chi connectivity index (χ1v) is 5.35. The largest absolute Gasteiger partial charge is 0.384 e. The molecule has 0 aliphatic rings. The summed E-state index contributed by atoms with van der Waals surface area (Å²) in [6.07, 6.45) is 1.98. The van der Waals surface area contributed by atoms with Gasteiger partial charge in [0.25, 0.3) is 0 Å². The lowest BCUT2D eigenvalue weighted by atomic mass is 9.96. The predicted octanol–water partition coefficient (Wildman–Crippen LogP) is 2.08. The lowest BCUT2D eigenvalue weighted by Crippen LogP contribution is -2.17. The molecule has 1 aromatic rings. The average Bonchev–Trinajstić information content (AvgIpc) is 2.01. The maximum absolute atomic E-state index is 5.67. The van der Waals surface area contributed by atoms with Crippen LogP contribution in [-0.4, -0.2) is 16.2 Å². The molecule has 0 bridgehead atoms. The van der Waals surface area contributed by atoms with Gasteiger partial charge in [0, 0.05) is 11.5 Å². The number of thioether (sulfide) groups is 1. The van der Waals surface area contributed by atoms with E-state index in [1.54, 1.807) is 17.8 Å². The molecular weight excluding hydrogens is 182 g/mol. The fourth-order valence-electron chi connectivity index (χ4n) is 0.883. The zero-order chi connectivity index (χ0) is 10.1. The lowest BCUT2D eigenvalue weighted by Gasteiger charge is -2.17. The van der Waals surface area contributed by atoms with E-state index in [0.717, 1.165) is 10.9 Å². The summed E-state index contributed by atoms with van der Waals surface area (Å²) in [5.41, 5.74) is 5.63. The van der Waals surface area contributed by atoms with Crippen LogP contribution in [0.2, 0.25) is 0 Å². The van der Waals surface area contributed by atoms with Crippen molar-refractivity contribution in [3.63, 3.8) is 0 Å². The van der Waals surface area contributed by atoms with Crippen molar-refractivity contribution >= 4 is 17.6 Å². The molecule has 0 spiro atoms. The van der Waals surface area contributed by atoms with Gasteiger partial charge in [0.2, 0.25) is 0 Å². The number of nitrogens with two attached hydrogens (primary N) is 1. The summed E-state index contributed by atoms with van der Waals surface area (Å²) >= 11 is 1.58. The van der Waals surface area contributed by atoms with Gasteiger partial charge in [0.1, 0.15) is 16.7 Å². The minimum atomic E-state index is -0.0418. The molecule has 0 saturated carbocycles. The van der Waals surface area contributed by atoms with Crippen LogP contribution in [0.15, 0.2) is 11.1 Å². The van der Waals surface area contributed by atoms with Crippen molar-refractivity contribution in [2.24, 2.45) is 0 Å². The molecule has 3 nitrogen and oxygen atoms in total. The van der Waals surface area contributed by atoms with Crippen LogP contribution >= 0.6 is 11.8 Å². The fraction of sp³-hybridized carbons (Fsp3) is 0.556. The van der Waals surface area contributed by atoms with Gasteiger partial charge in [0.05, 0.1) is 0 Å². The van der Waals surface area contributed by atoms with Gasteiger partial charge in [-0.1, -0.05) is 20.8 Å². The van der Waals surface area contributed by atoms with Crippen LogP contribution in [0.3, 0.4) is 0 Å². The molecule has 0 fully saturated rings. The Morgan fingerprint density at radius 1 is 1.31 bits per heavy atom. The smallest absolute Gasteiger partial charge is 0.137 e. The Bertz CT molecular complexity index is 304. The minimum absolute atomic E-state index is 0.0418. The molecule has 1 aromatic heterocycles. The highest BCUT2D eigenvalue weighted by Gasteiger charge is 2.18. The Labute approximate surface area is 83.2 Å². The van der Waals surface area contributed by atoms with Crippen LogP contribution in [0.25, 0.3) is 0 Å². The second-order valence-electron chi connectivity index (χ2n) is 3.91. The highest BCUT2D eigenvalue weighted by molar-refractivity contribution is 7.98. The van der Waals surface area contributed by atoms with E-state index in [2.05, 4.69) is 30.7 Å². The van der Waals surface area contributed by atoms with Crippen LogP contribution in [0.4, 0.5) is 5.82 Å². The topological polar surface area (TPSA) is 51.8 Å². The van der Waals surface area contributed by atoms with E-state index in [0.29, 0.717) is 5.82 Å². The summed E-state index contributed by atoms with van der Waals surface area (Å²) in [4.78, 5) is 8.60. The first-order chi connectivity index (χ1) is 5.93. The minimum Gasteiger partial charge on any atom is -0.384 e. The van der Waals surface area contributed by atoms with Gasteiger partial charge in [-0.05, 0) is 6.26 Å². The van der Waals surface area contributed by atoms with Crippen molar-refractivity contribution < 1.29 is 0 Å². The zero-order valence-electron chi connectivity index (χ0n) is 8.46. The highest BCUT2D eigenvalue weighted by atomic mass is 32.2. The average molecular weight is 197 g/mol. The Hall–Kier alpha value is -0.770. The molecule has 0 atom stereocenters. The molecule has 0 amide bonds. The Kier molecular flexibility index (Phi) is 2.81. The second kappa shape index (κ2) is 3.54. The molecule has 72 valence electrons. The molecule has 1 rings (SSSR count). The summed E-state index contributed by atoms with van der Waals surface area (Å²) in [5, 5.41) is 0.928. The van der Waals surface area contributed by atoms with Gasteiger partial charge < -0.3 is 5.73 Å². The zero-order valence-corrected chi connectivity index (χ0v) is 9.27. The third-order valence-corrected chi connectivity index (χ3v) is 2.23. The van der Waals surface area contributed by atoms with Crippen molar-refractivity contribution in [3.05, 3.63) is 11.9 Å². The third kappa shape index (κ3) is 2.59. The van der Waals surface area contributed by atoms with Crippen LogP contribution in [0.5, 0.6) is 0 Å². The molecule has 1 heterocycles. The van der Waals surface area contributed by atoms with Crippen LogP contribution in [-0.2, 0) is 5.41 Å². The van der Waals surface area contributed by atoms with E-state index in [4.69, 9.17) is 5.73 Å². The van der Waals surface area contributed by atoms with E-state index in [1.807, 2.05) is 6.26 Å². The van der Waals surface area contributed by atoms with Crippen molar-refractivity contribution in [1.82, 2.24) is 9.97 Å². The van der Waals surface area contributed by atoms with E-state index in [1.165, 1.54) is 0 Å². The maximum atomic E-state index is 5.67. The number of hydrogen-bond acceptors (Lipinski definition) is 4. The Morgan fingerprint density at radius 2 is 1.92 bits per heavy atom. The van der Waals surface area contributed by atoms with Crippen molar-refractivity contribution in [2.45, 2.75) is 31.2 Å². The van der Waals surface area contributed by atoms with Crippen LogP contribution in [0, 0.1) is 0 Å². The standard InChI is InChI=1S/C9H15N3S/c1-9(2,3)8-11-6(10)5-7(12-8)13-4/h5H,1-4H3,(H2,10,11,12). The monoisotopic (exact) mass is 197 g/mol. The van der Waals surface area contributed by atoms with Gasteiger partial charge in [-0.3, -0.25) is 0 Å². The predicted molar refractivity (Wildman–Crippen MR) is 56.9 cm³/mol. The summed E-state index contributed by atoms with van der Waals surface area (Å²) in [5.74, 6) is 1.35. The van der Waals surface area contributed by atoms with E-state index in [-0.39, 0.29) is 5.41 Å². The quantitative estimate of drug-likeness (QED) is 0.553. The van der Waals surface area contributed by atoms with E-state index in [9.17, 15) is 0 Å². The number of rotatable bonds is 1. The molecule has 0 aliphatic carbocycles. The van der Waals surface area contributed by atoms with Gasteiger partial charge in [-0.15, -0.1) is 11.8 Å². The van der Waals surface area contributed by atoms with Crippen LogP contribution < -0.4 is 5.73 Å². The lowest BCUT2D eigenvalue weighted by molar-refractivity contribution is 0.540. The first-order valence-electron chi connectivity index (χ1n) is 4.12. The molecule has 0 aromatic carbocycles. The van der Waals surface area contributed by atoms with Crippen molar-refractivity contribution in [2.75, 3.05) is 12.0 Å². The second-order valence-corrected chi connectivity index (χ2v) is 4.74. The number of hydrogen-bond donors (Lipinski definition) is 1. The van der Waals surface area contributed by atoms with Gasteiger partial charge in [-0.25, -0.2) is 9.97 Å². The normalized spacial score (nSPS) is 11.7. The molecule has 13 heavy (non-hydrogen) atoms. The number of anilines is 1. The first kappa shape index (κ1) is 10.3. The van der Waals surface area contributed by atoms with Crippen molar-refractivity contribution in [1.29, 1.82) is 0 Å². The summed E-state index contributed by atoms with van der Waals surface area (Å²) in [7, 11) is 0. The van der Waals surface area contributed by atoms with Gasteiger partial charge in [-0.2, -0.15) is 0 Å². The fourth-order valence-corrected chi connectivity index (χ4v) is 1.30. The molecule has 0 aliphatic heterocycles. The molecule has 2 N–H and O–H groups in total. The van der Waals surface area contributed by atoms with E-state index >= 15 is 0 Å².